The van der Waals surface area contributed by atoms with Crippen LogP contribution in [0.2, 0.25) is 0 Å². The molecule has 2 aromatic carbocycles. The number of nitrogens with one attached hydrogen (secondary N) is 1. The van der Waals surface area contributed by atoms with E-state index in [1.807, 2.05) is 0 Å². The molecule has 0 aromatic heterocycles. The third-order valence-corrected chi connectivity index (χ3v) is 4.81. The molecular weight excluding hydrogens is 346 g/mol. The topological polar surface area (TPSA) is 117 Å². The number of carbonyl (C=O) groups excluding carboxylic acids is 2. The molecule has 5 N–H and O–H groups in total. The van der Waals surface area contributed by atoms with Gasteiger partial charge in [0.25, 0.3) is 5.91 Å². The fourth-order valence-corrected chi connectivity index (χ4v) is 3.04. The molecule has 2 amide bonds. The Morgan fingerprint density at radius 1 is 1.07 bits per heavy atom. The Balaban J connectivity index is 1.69. The van der Waals surface area contributed by atoms with Crippen LogP contribution in [-0.2, 0) is 9.53 Å². The number of para-hydroxylation sites is 1. The second-order valence-corrected chi connectivity index (χ2v) is 6.54. The summed E-state index contributed by atoms with van der Waals surface area (Å²) in [5, 5.41) is 2.92. The molecular formula is C20H23N3O4. The minimum absolute atomic E-state index is 0.0963. The van der Waals surface area contributed by atoms with E-state index in [9.17, 15) is 9.59 Å². The Labute approximate surface area is 157 Å². The van der Waals surface area contributed by atoms with Crippen molar-refractivity contribution in [2.75, 3.05) is 25.1 Å². The highest BCUT2D eigenvalue weighted by Gasteiger charge is 2.38. The van der Waals surface area contributed by atoms with E-state index in [1.165, 1.54) is 0 Å². The summed E-state index contributed by atoms with van der Waals surface area (Å²) >= 11 is 0. The normalized spacial score (nSPS) is 15.7. The van der Waals surface area contributed by atoms with Crippen LogP contribution in [0.3, 0.4) is 0 Å². The van der Waals surface area contributed by atoms with Crippen LogP contribution in [0.5, 0.6) is 11.5 Å². The van der Waals surface area contributed by atoms with Crippen molar-refractivity contribution in [3.8, 4) is 11.5 Å². The lowest BCUT2D eigenvalue weighted by Gasteiger charge is -2.34. The van der Waals surface area contributed by atoms with Gasteiger partial charge in [-0.3, -0.25) is 9.59 Å². The Kier molecular flexibility index (Phi) is 5.73. The van der Waals surface area contributed by atoms with E-state index in [4.69, 9.17) is 20.9 Å². The predicted molar refractivity (Wildman–Crippen MR) is 102 cm³/mol. The Morgan fingerprint density at radius 3 is 2.37 bits per heavy atom. The monoisotopic (exact) mass is 369 g/mol. The summed E-state index contributed by atoms with van der Waals surface area (Å²) in [5.74, 6) is 0.256. The van der Waals surface area contributed by atoms with Crippen molar-refractivity contribution in [2.24, 2.45) is 16.9 Å². The highest BCUT2D eigenvalue weighted by atomic mass is 16.5. The van der Waals surface area contributed by atoms with Gasteiger partial charge in [-0.05, 0) is 49.2 Å². The number of amides is 2. The second kappa shape index (κ2) is 8.20. The maximum absolute atomic E-state index is 12.7. The maximum Gasteiger partial charge on any atom is 0.252 e. The third-order valence-electron chi connectivity index (χ3n) is 4.81. The molecule has 0 spiro atoms. The lowest BCUT2D eigenvalue weighted by molar-refractivity contribution is -0.130. The smallest absolute Gasteiger partial charge is 0.252 e. The quantitative estimate of drug-likeness (QED) is 0.722. The molecule has 3 rings (SSSR count). The van der Waals surface area contributed by atoms with Gasteiger partial charge in [-0.1, -0.05) is 12.1 Å². The van der Waals surface area contributed by atoms with E-state index in [0.29, 0.717) is 48.8 Å². The van der Waals surface area contributed by atoms with Gasteiger partial charge in [-0.2, -0.15) is 0 Å². The molecule has 1 aliphatic rings. The summed E-state index contributed by atoms with van der Waals surface area (Å²) in [7, 11) is 0. The van der Waals surface area contributed by atoms with E-state index >= 15 is 0 Å². The number of hydrogen-bond acceptors (Lipinski definition) is 5. The Hall–Kier alpha value is -2.90. The van der Waals surface area contributed by atoms with Gasteiger partial charge in [-0.25, -0.2) is 0 Å². The standard InChI is InChI=1S/C20H23N3O4/c21-13-20(9-11-26-12-10-20)19(25)23-14-5-7-15(8-6-14)27-17-4-2-1-3-16(17)18(22)24/h1-8H,9-13,21H2,(H2,22,24)(H,23,25). The van der Waals surface area contributed by atoms with E-state index in [0.717, 1.165) is 0 Å². The SMILES string of the molecule is NCC1(C(=O)Nc2ccc(Oc3ccccc3C(N)=O)cc2)CCOCC1. The summed E-state index contributed by atoms with van der Waals surface area (Å²) in [6, 6.07) is 13.7. The molecule has 7 nitrogen and oxygen atoms in total. The molecule has 1 saturated heterocycles. The molecule has 0 bridgehead atoms. The van der Waals surface area contributed by atoms with Crippen molar-refractivity contribution >= 4 is 17.5 Å². The summed E-state index contributed by atoms with van der Waals surface area (Å²) in [4.78, 5) is 24.2. The average Bonchev–Trinajstić information content (AvgIpc) is 2.70. The molecule has 1 aliphatic heterocycles. The minimum Gasteiger partial charge on any atom is -0.457 e. The van der Waals surface area contributed by atoms with Crippen LogP contribution in [0.4, 0.5) is 5.69 Å². The third kappa shape index (κ3) is 4.27. The molecule has 0 radical (unpaired) electrons. The molecule has 27 heavy (non-hydrogen) atoms. The molecule has 1 heterocycles. The summed E-state index contributed by atoms with van der Waals surface area (Å²) in [6.07, 6.45) is 1.22. The molecule has 0 atom stereocenters. The number of ether oxygens (including phenoxy) is 2. The van der Waals surface area contributed by atoms with Gasteiger partial charge in [0.05, 0.1) is 11.0 Å². The van der Waals surface area contributed by atoms with Crippen molar-refractivity contribution in [3.05, 3.63) is 54.1 Å². The number of nitrogens with two attached hydrogens (primary N) is 2. The van der Waals surface area contributed by atoms with Crippen LogP contribution < -0.4 is 21.5 Å². The average molecular weight is 369 g/mol. The van der Waals surface area contributed by atoms with Crippen molar-refractivity contribution in [2.45, 2.75) is 12.8 Å². The van der Waals surface area contributed by atoms with Gasteiger partial charge in [0.15, 0.2) is 0 Å². The number of carbonyl (C=O) groups is 2. The molecule has 7 heteroatoms. The van der Waals surface area contributed by atoms with Gasteiger partial charge in [0.1, 0.15) is 11.5 Å². The zero-order valence-corrected chi connectivity index (χ0v) is 14.9. The van der Waals surface area contributed by atoms with Crippen molar-refractivity contribution < 1.29 is 19.1 Å². The predicted octanol–water partition coefficient (Wildman–Crippen LogP) is 2.27. The van der Waals surface area contributed by atoms with E-state index in [-0.39, 0.29) is 12.5 Å². The molecule has 142 valence electrons. The summed E-state index contributed by atoms with van der Waals surface area (Å²) in [6.45, 7) is 1.36. The van der Waals surface area contributed by atoms with Crippen LogP contribution in [0, 0.1) is 5.41 Å². The van der Waals surface area contributed by atoms with E-state index < -0.39 is 11.3 Å². The molecule has 1 fully saturated rings. The minimum atomic E-state index is -0.589. The Morgan fingerprint density at radius 2 is 1.74 bits per heavy atom. The van der Waals surface area contributed by atoms with Crippen LogP contribution in [0.15, 0.2) is 48.5 Å². The van der Waals surface area contributed by atoms with Gasteiger partial charge >= 0.3 is 0 Å². The van der Waals surface area contributed by atoms with Crippen LogP contribution in [0.25, 0.3) is 0 Å². The van der Waals surface area contributed by atoms with Crippen LogP contribution in [0.1, 0.15) is 23.2 Å². The fraction of sp³-hybridized carbons (Fsp3) is 0.300. The first-order valence-corrected chi connectivity index (χ1v) is 8.80. The molecule has 0 saturated carbocycles. The number of primary amides is 1. The molecule has 0 aliphatic carbocycles. The number of benzene rings is 2. The van der Waals surface area contributed by atoms with Crippen LogP contribution in [-0.4, -0.2) is 31.6 Å². The summed E-state index contributed by atoms with van der Waals surface area (Å²) < 4.78 is 11.1. The second-order valence-electron chi connectivity index (χ2n) is 6.54. The van der Waals surface area contributed by atoms with Gasteiger partial charge < -0.3 is 26.3 Å². The molecule has 0 unspecified atom stereocenters. The van der Waals surface area contributed by atoms with Crippen LogP contribution >= 0.6 is 0 Å². The summed E-state index contributed by atoms with van der Waals surface area (Å²) in [5.41, 5.74) is 11.6. The first-order valence-electron chi connectivity index (χ1n) is 8.80. The van der Waals surface area contributed by atoms with Crippen molar-refractivity contribution in [1.29, 1.82) is 0 Å². The zero-order chi connectivity index (χ0) is 19.3. The first kappa shape index (κ1) is 18.9. The first-order chi connectivity index (χ1) is 13.0. The maximum atomic E-state index is 12.7. The van der Waals surface area contributed by atoms with E-state index in [1.54, 1.807) is 48.5 Å². The number of hydrogen-bond donors (Lipinski definition) is 3. The largest absolute Gasteiger partial charge is 0.457 e. The fourth-order valence-electron chi connectivity index (χ4n) is 3.04. The Bertz CT molecular complexity index is 814. The number of rotatable bonds is 6. The van der Waals surface area contributed by atoms with Gasteiger partial charge in [0.2, 0.25) is 5.91 Å². The lowest BCUT2D eigenvalue weighted by Crippen LogP contribution is -2.46. The lowest BCUT2D eigenvalue weighted by atomic mass is 9.79. The molecule has 2 aromatic rings. The van der Waals surface area contributed by atoms with Gasteiger partial charge in [-0.15, -0.1) is 0 Å². The van der Waals surface area contributed by atoms with Crippen molar-refractivity contribution in [1.82, 2.24) is 0 Å². The highest BCUT2D eigenvalue weighted by Crippen LogP contribution is 2.31. The highest BCUT2D eigenvalue weighted by molar-refractivity contribution is 5.96. The van der Waals surface area contributed by atoms with Crippen molar-refractivity contribution in [3.63, 3.8) is 0 Å². The number of anilines is 1. The van der Waals surface area contributed by atoms with Gasteiger partial charge in [0, 0.05) is 25.4 Å². The van der Waals surface area contributed by atoms with E-state index in [2.05, 4.69) is 5.32 Å². The zero-order valence-electron chi connectivity index (χ0n) is 14.9.